The van der Waals surface area contributed by atoms with Crippen molar-refractivity contribution in [1.29, 1.82) is 0 Å². The minimum atomic E-state index is -3.05. The molecule has 0 aliphatic carbocycles. The van der Waals surface area contributed by atoms with Crippen LogP contribution in [0.4, 0.5) is 5.69 Å². The fourth-order valence-electron chi connectivity index (χ4n) is 1.91. The summed E-state index contributed by atoms with van der Waals surface area (Å²) in [5.74, 6) is 0.0241. The van der Waals surface area contributed by atoms with E-state index in [1.54, 1.807) is 0 Å². The number of anilines is 1. The van der Waals surface area contributed by atoms with Crippen molar-refractivity contribution >= 4 is 44.5 Å². The third-order valence-electron chi connectivity index (χ3n) is 2.91. The van der Waals surface area contributed by atoms with Gasteiger partial charge in [-0.1, -0.05) is 17.7 Å². The summed E-state index contributed by atoms with van der Waals surface area (Å²) in [6, 6.07) is 7.42. The van der Waals surface area contributed by atoms with Gasteiger partial charge in [0.2, 0.25) is 0 Å². The molecule has 1 fully saturated rings. The first-order chi connectivity index (χ1) is 8.85. The highest BCUT2D eigenvalue weighted by atomic mass is 35.5. The van der Waals surface area contributed by atoms with Gasteiger partial charge in [0.15, 0.2) is 14.9 Å². The van der Waals surface area contributed by atoms with Crippen molar-refractivity contribution in [3.63, 3.8) is 0 Å². The normalized spacial score (nSPS) is 24.9. The first-order valence-corrected chi connectivity index (χ1v) is 8.51. The standard InChI is InChI=1S/C12H15ClN2O2S2/c1-8-2-4-9(5-3-8)14-12(18)15-11-7-19(16,17)6-10(11)13/h2-5,10-11H,6-7H2,1H3,(H2,14,15,18)/t10-,11-/m0/s1. The SMILES string of the molecule is Cc1ccc(NC(=S)N[C@H]2CS(=O)(=O)C[C@@H]2Cl)cc1. The number of thiocarbonyl (C=S) groups is 1. The molecular formula is C12H15ClN2O2S2. The molecule has 1 heterocycles. The number of sulfone groups is 1. The number of nitrogens with one attached hydrogen (secondary N) is 2. The maximum absolute atomic E-state index is 11.4. The molecule has 1 saturated heterocycles. The van der Waals surface area contributed by atoms with Crippen molar-refractivity contribution in [2.45, 2.75) is 18.3 Å². The lowest BCUT2D eigenvalue weighted by Crippen LogP contribution is -2.42. The molecule has 7 heteroatoms. The number of hydrogen-bond donors (Lipinski definition) is 2. The van der Waals surface area contributed by atoms with E-state index in [4.69, 9.17) is 23.8 Å². The monoisotopic (exact) mass is 318 g/mol. The fourth-order valence-corrected chi connectivity index (χ4v) is 4.73. The summed E-state index contributed by atoms with van der Waals surface area (Å²) in [7, 11) is -3.05. The van der Waals surface area contributed by atoms with Crippen molar-refractivity contribution in [2.75, 3.05) is 16.8 Å². The first-order valence-electron chi connectivity index (χ1n) is 5.84. The van der Waals surface area contributed by atoms with Crippen LogP contribution in [0.15, 0.2) is 24.3 Å². The quantitative estimate of drug-likeness (QED) is 0.642. The number of halogens is 1. The van der Waals surface area contributed by atoms with Crippen molar-refractivity contribution < 1.29 is 8.42 Å². The van der Waals surface area contributed by atoms with Gasteiger partial charge >= 0.3 is 0 Å². The van der Waals surface area contributed by atoms with Crippen LogP contribution < -0.4 is 10.6 Å². The van der Waals surface area contributed by atoms with E-state index in [-0.39, 0.29) is 17.5 Å². The van der Waals surface area contributed by atoms with Crippen LogP contribution in [0.1, 0.15) is 5.56 Å². The molecule has 1 aromatic rings. The predicted molar refractivity (Wildman–Crippen MR) is 82.6 cm³/mol. The summed E-state index contributed by atoms with van der Waals surface area (Å²) < 4.78 is 22.9. The summed E-state index contributed by atoms with van der Waals surface area (Å²) >= 11 is 11.2. The van der Waals surface area contributed by atoms with Crippen LogP contribution in [0.2, 0.25) is 0 Å². The van der Waals surface area contributed by atoms with Crippen LogP contribution in [0.5, 0.6) is 0 Å². The number of benzene rings is 1. The molecule has 1 aromatic carbocycles. The van der Waals surface area contributed by atoms with E-state index in [2.05, 4.69) is 10.6 Å². The lowest BCUT2D eigenvalue weighted by Gasteiger charge is -2.17. The van der Waals surface area contributed by atoms with E-state index in [1.807, 2.05) is 31.2 Å². The molecule has 2 atom stereocenters. The van der Waals surface area contributed by atoms with Crippen molar-refractivity contribution in [2.24, 2.45) is 0 Å². The van der Waals surface area contributed by atoms with E-state index >= 15 is 0 Å². The molecule has 0 spiro atoms. The average Bonchev–Trinajstić information content (AvgIpc) is 2.55. The summed E-state index contributed by atoms with van der Waals surface area (Å²) in [4.78, 5) is 0. The second kappa shape index (κ2) is 5.64. The number of hydrogen-bond acceptors (Lipinski definition) is 3. The number of alkyl halides is 1. The molecule has 0 bridgehead atoms. The lowest BCUT2D eigenvalue weighted by atomic mass is 10.2. The fraction of sp³-hybridized carbons (Fsp3) is 0.417. The zero-order valence-corrected chi connectivity index (χ0v) is 12.8. The van der Waals surface area contributed by atoms with Crippen molar-refractivity contribution in [3.05, 3.63) is 29.8 Å². The molecule has 0 radical (unpaired) electrons. The van der Waals surface area contributed by atoms with E-state index in [9.17, 15) is 8.42 Å². The van der Waals surface area contributed by atoms with Crippen molar-refractivity contribution in [3.8, 4) is 0 Å². The summed E-state index contributed by atoms with van der Waals surface area (Å²) in [6.45, 7) is 2.00. The highest BCUT2D eigenvalue weighted by Gasteiger charge is 2.36. The topological polar surface area (TPSA) is 58.2 Å². The van der Waals surface area contributed by atoms with Crippen LogP contribution in [-0.4, -0.2) is 36.5 Å². The Balaban J connectivity index is 1.93. The van der Waals surface area contributed by atoms with Gasteiger partial charge in [-0.05, 0) is 31.3 Å². The van der Waals surface area contributed by atoms with Crippen LogP contribution in [0.3, 0.4) is 0 Å². The molecule has 2 rings (SSSR count). The molecule has 1 aliphatic rings. The Morgan fingerprint density at radius 3 is 2.47 bits per heavy atom. The Labute approximate surface area is 123 Å². The molecule has 2 N–H and O–H groups in total. The van der Waals surface area contributed by atoms with Gasteiger partial charge in [-0.25, -0.2) is 8.42 Å². The van der Waals surface area contributed by atoms with Gasteiger partial charge in [-0.15, -0.1) is 11.6 Å². The smallest absolute Gasteiger partial charge is 0.171 e. The molecule has 0 unspecified atom stereocenters. The second-order valence-corrected chi connectivity index (χ2v) is 7.79. The van der Waals surface area contributed by atoms with E-state index in [0.717, 1.165) is 11.3 Å². The van der Waals surface area contributed by atoms with E-state index in [1.165, 1.54) is 0 Å². The predicted octanol–water partition coefficient (Wildman–Crippen LogP) is 1.69. The van der Waals surface area contributed by atoms with Gasteiger partial charge in [-0.2, -0.15) is 0 Å². The average molecular weight is 319 g/mol. The minimum absolute atomic E-state index is 0.000628. The third kappa shape index (κ3) is 4.06. The molecule has 0 aromatic heterocycles. The maximum atomic E-state index is 11.4. The second-order valence-electron chi connectivity index (χ2n) is 4.66. The largest absolute Gasteiger partial charge is 0.357 e. The van der Waals surface area contributed by atoms with Gasteiger partial charge in [-0.3, -0.25) is 0 Å². The molecule has 1 aliphatic heterocycles. The summed E-state index contributed by atoms with van der Waals surface area (Å²) in [5.41, 5.74) is 2.02. The molecule has 0 saturated carbocycles. The number of aryl methyl sites for hydroxylation is 1. The highest BCUT2D eigenvalue weighted by Crippen LogP contribution is 2.18. The lowest BCUT2D eigenvalue weighted by molar-refractivity contribution is 0.600. The summed E-state index contributed by atoms with van der Waals surface area (Å²) in [5, 5.41) is 5.91. The van der Waals surface area contributed by atoms with Crippen molar-refractivity contribution in [1.82, 2.24) is 5.32 Å². The van der Waals surface area contributed by atoms with E-state index in [0.29, 0.717) is 5.11 Å². The minimum Gasteiger partial charge on any atom is -0.357 e. The highest BCUT2D eigenvalue weighted by molar-refractivity contribution is 7.91. The Kier molecular flexibility index (Phi) is 4.32. The molecule has 19 heavy (non-hydrogen) atoms. The zero-order valence-electron chi connectivity index (χ0n) is 10.4. The van der Waals surface area contributed by atoms with Crippen LogP contribution >= 0.6 is 23.8 Å². The molecular weight excluding hydrogens is 304 g/mol. The van der Waals surface area contributed by atoms with Gasteiger partial charge in [0.05, 0.1) is 22.9 Å². The Morgan fingerprint density at radius 1 is 1.32 bits per heavy atom. The van der Waals surface area contributed by atoms with Gasteiger partial charge in [0.25, 0.3) is 0 Å². The van der Waals surface area contributed by atoms with Gasteiger partial charge in [0, 0.05) is 5.69 Å². The van der Waals surface area contributed by atoms with Crippen LogP contribution in [0, 0.1) is 6.92 Å². The maximum Gasteiger partial charge on any atom is 0.171 e. The number of rotatable bonds is 2. The summed E-state index contributed by atoms with van der Waals surface area (Å²) in [6.07, 6.45) is 0. The Bertz CT molecular complexity index is 572. The zero-order chi connectivity index (χ0) is 14.0. The van der Waals surface area contributed by atoms with Crippen LogP contribution in [0.25, 0.3) is 0 Å². The molecule has 0 amide bonds. The molecule has 4 nitrogen and oxygen atoms in total. The third-order valence-corrected chi connectivity index (χ3v) is 5.50. The van der Waals surface area contributed by atoms with E-state index < -0.39 is 15.2 Å². The van der Waals surface area contributed by atoms with Crippen LogP contribution in [-0.2, 0) is 9.84 Å². The Hall–Kier alpha value is -0.850. The Morgan fingerprint density at radius 2 is 1.95 bits per heavy atom. The first kappa shape index (κ1) is 14.6. The molecule has 104 valence electrons. The van der Waals surface area contributed by atoms with Gasteiger partial charge < -0.3 is 10.6 Å². The van der Waals surface area contributed by atoms with Gasteiger partial charge in [0.1, 0.15) is 0 Å².